The summed E-state index contributed by atoms with van der Waals surface area (Å²) in [5, 5.41) is 15.8. The van der Waals surface area contributed by atoms with Crippen LogP contribution in [0.1, 0.15) is 57.9 Å². The molecule has 2 unspecified atom stereocenters. The summed E-state index contributed by atoms with van der Waals surface area (Å²) >= 11 is 1.60. The van der Waals surface area contributed by atoms with Crippen molar-refractivity contribution in [1.82, 2.24) is 10.2 Å². The lowest BCUT2D eigenvalue weighted by Crippen LogP contribution is -2.49. The molecule has 2 rings (SSSR count). The smallest absolute Gasteiger partial charge is 0.227 e. The van der Waals surface area contributed by atoms with Crippen LogP contribution in [0.4, 0.5) is 0 Å². The van der Waals surface area contributed by atoms with Gasteiger partial charge in [-0.25, -0.2) is 0 Å². The first-order valence-electron chi connectivity index (χ1n) is 8.54. The number of amides is 1. The monoisotopic (exact) mass is 338 g/mol. The van der Waals surface area contributed by atoms with Crippen LogP contribution in [-0.2, 0) is 4.79 Å². The standard InChI is InChI=1S/C18H30N2O2S/c1-13(12-15(21)16-6-5-11-23-16)19-14-7-9-20(10-8-14)17(22)18(2,3)4/h5-6,11,13-15,19,21H,7-10,12H2,1-4H3. The van der Waals surface area contributed by atoms with Gasteiger partial charge in [0.1, 0.15) is 0 Å². The molecule has 0 spiro atoms. The van der Waals surface area contributed by atoms with E-state index in [0.29, 0.717) is 6.04 Å². The molecule has 0 aliphatic carbocycles. The van der Waals surface area contributed by atoms with Gasteiger partial charge in [0.05, 0.1) is 6.10 Å². The molecule has 0 aromatic carbocycles. The lowest BCUT2D eigenvalue weighted by atomic mass is 9.92. The number of aliphatic hydroxyl groups is 1. The summed E-state index contributed by atoms with van der Waals surface area (Å²) in [4.78, 5) is 15.3. The van der Waals surface area contributed by atoms with Gasteiger partial charge in [-0.1, -0.05) is 26.8 Å². The number of thiophene rings is 1. The zero-order valence-electron chi connectivity index (χ0n) is 14.7. The number of hydrogen-bond donors (Lipinski definition) is 2. The van der Waals surface area contributed by atoms with Gasteiger partial charge >= 0.3 is 0 Å². The minimum Gasteiger partial charge on any atom is -0.388 e. The van der Waals surface area contributed by atoms with E-state index < -0.39 is 0 Å². The third-order valence-electron chi connectivity index (χ3n) is 4.39. The molecular weight excluding hydrogens is 308 g/mol. The first kappa shape index (κ1) is 18.4. The molecular formula is C18H30N2O2S. The van der Waals surface area contributed by atoms with E-state index in [-0.39, 0.29) is 23.5 Å². The molecule has 2 N–H and O–H groups in total. The Kier molecular flexibility index (Phi) is 6.23. The maximum Gasteiger partial charge on any atom is 0.227 e. The Morgan fingerprint density at radius 2 is 2.09 bits per heavy atom. The van der Waals surface area contributed by atoms with E-state index in [1.54, 1.807) is 11.3 Å². The Bertz CT molecular complexity index is 488. The third kappa shape index (κ3) is 5.30. The van der Waals surface area contributed by atoms with Crippen molar-refractivity contribution in [2.75, 3.05) is 13.1 Å². The largest absolute Gasteiger partial charge is 0.388 e. The average molecular weight is 339 g/mol. The lowest BCUT2D eigenvalue weighted by molar-refractivity contribution is -0.140. The fraction of sp³-hybridized carbons (Fsp3) is 0.722. The van der Waals surface area contributed by atoms with Crippen LogP contribution >= 0.6 is 11.3 Å². The molecule has 5 heteroatoms. The van der Waals surface area contributed by atoms with Gasteiger partial charge in [-0.3, -0.25) is 4.79 Å². The Labute approximate surface area is 143 Å². The Morgan fingerprint density at radius 1 is 1.43 bits per heavy atom. The van der Waals surface area contributed by atoms with Crippen LogP contribution in [0, 0.1) is 5.41 Å². The number of carbonyl (C=O) groups excluding carboxylic acids is 1. The Hall–Kier alpha value is -0.910. The van der Waals surface area contributed by atoms with E-state index >= 15 is 0 Å². The fourth-order valence-corrected chi connectivity index (χ4v) is 3.85. The Morgan fingerprint density at radius 3 is 2.61 bits per heavy atom. The zero-order chi connectivity index (χ0) is 17.0. The summed E-state index contributed by atoms with van der Waals surface area (Å²) in [5.74, 6) is 0.247. The van der Waals surface area contributed by atoms with E-state index in [1.165, 1.54) is 0 Å². The second kappa shape index (κ2) is 7.77. The highest BCUT2D eigenvalue weighted by Gasteiger charge is 2.30. The molecule has 1 saturated heterocycles. The van der Waals surface area contributed by atoms with Crippen molar-refractivity contribution in [3.8, 4) is 0 Å². The molecule has 0 bridgehead atoms. The van der Waals surface area contributed by atoms with Crippen molar-refractivity contribution in [3.63, 3.8) is 0 Å². The van der Waals surface area contributed by atoms with Crippen LogP contribution < -0.4 is 5.32 Å². The number of nitrogens with zero attached hydrogens (tertiary/aromatic N) is 1. The van der Waals surface area contributed by atoms with Crippen molar-refractivity contribution in [2.24, 2.45) is 5.41 Å². The summed E-state index contributed by atoms with van der Waals surface area (Å²) in [7, 11) is 0. The van der Waals surface area contributed by atoms with Gasteiger partial charge in [0.15, 0.2) is 0 Å². The summed E-state index contributed by atoms with van der Waals surface area (Å²) in [5.41, 5.74) is -0.293. The average Bonchev–Trinajstić information content (AvgIpc) is 3.00. The summed E-state index contributed by atoms with van der Waals surface area (Å²) in [6.07, 6.45) is 2.31. The Balaban J connectivity index is 1.74. The lowest BCUT2D eigenvalue weighted by Gasteiger charge is -2.37. The van der Waals surface area contributed by atoms with Gasteiger partial charge in [0.25, 0.3) is 0 Å². The van der Waals surface area contributed by atoms with E-state index in [9.17, 15) is 9.90 Å². The number of likely N-dealkylation sites (tertiary alicyclic amines) is 1. The van der Waals surface area contributed by atoms with Crippen LogP contribution in [0.3, 0.4) is 0 Å². The van der Waals surface area contributed by atoms with Crippen molar-refractivity contribution in [2.45, 2.75) is 65.1 Å². The van der Waals surface area contributed by atoms with Gasteiger partial charge < -0.3 is 15.3 Å². The van der Waals surface area contributed by atoms with Gasteiger partial charge in [-0.05, 0) is 37.6 Å². The minimum absolute atomic E-state index is 0.247. The molecule has 1 aromatic heterocycles. The van der Waals surface area contributed by atoms with E-state index in [1.807, 2.05) is 43.2 Å². The second-order valence-corrected chi connectivity index (χ2v) is 8.63. The molecule has 1 aliphatic rings. The van der Waals surface area contributed by atoms with Gasteiger partial charge in [0, 0.05) is 35.5 Å². The van der Waals surface area contributed by atoms with Gasteiger partial charge in [0.2, 0.25) is 5.91 Å². The molecule has 23 heavy (non-hydrogen) atoms. The second-order valence-electron chi connectivity index (χ2n) is 7.65. The van der Waals surface area contributed by atoms with Crippen LogP contribution in [0.25, 0.3) is 0 Å². The van der Waals surface area contributed by atoms with E-state index in [2.05, 4.69) is 12.2 Å². The molecule has 0 saturated carbocycles. The summed E-state index contributed by atoms with van der Waals surface area (Å²) < 4.78 is 0. The predicted octanol–water partition coefficient (Wildman–Crippen LogP) is 3.19. The van der Waals surface area contributed by atoms with Crippen LogP contribution in [0.15, 0.2) is 17.5 Å². The number of carbonyl (C=O) groups is 1. The highest BCUT2D eigenvalue weighted by atomic mass is 32.1. The van der Waals surface area contributed by atoms with Crippen LogP contribution in [0.2, 0.25) is 0 Å². The van der Waals surface area contributed by atoms with Crippen LogP contribution in [0.5, 0.6) is 0 Å². The molecule has 4 nitrogen and oxygen atoms in total. The third-order valence-corrected chi connectivity index (χ3v) is 5.37. The van der Waals surface area contributed by atoms with Gasteiger partial charge in [-0.2, -0.15) is 0 Å². The summed E-state index contributed by atoms with van der Waals surface area (Å²) in [6, 6.07) is 4.66. The maximum atomic E-state index is 12.3. The van der Waals surface area contributed by atoms with Crippen molar-refractivity contribution in [1.29, 1.82) is 0 Å². The van der Waals surface area contributed by atoms with Crippen molar-refractivity contribution in [3.05, 3.63) is 22.4 Å². The quantitative estimate of drug-likeness (QED) is 0.867. The first-order valence-corrected chi connectivity index (χ1v) is 9.42. The zero-order valence-corrected chi connectivity index (χ0v) is 15.5. The minimum atomic E-state index is -0.389. The molecule has 2 heterocycles. The first-order chi connectivity index (χ1) is 10.8. The molecule has 130 valence electrons. The molecule has 2 atom stereocenters. The number of aliphatic hydroxyl groups excluding tert-OH is 1. The highest BCUT2D eigenvalue weighted by molar-refractivity contribution is 7.10. The number of hydrogen-bond acceptors (Lipinski definition) is 4. The van der Waals surface area contributed by atoms with E-state index in [4.69, 9.17) is 0 Å². The topological polar surface area (TPSA) is 52.6 Å². The normalized spacial score (nSPS) is 19.6. The summed E-state index contributed by atoms with van der Waals surface area (Å²) in [6.45, 7) is 9.72. The maximum absolute atomic E-state index is 12.3. The molecule has 1 aromatic rings. The number of nitrogens with one attached hydrogen (secondary N) is 1. The highest BCUT2D eigenvalue weighted by Crippen LogP contribution is 2.24. The van der Waals surface area contributed by atoms with E-state index in [0.717, 1.165) is 37.2 Å². The van der Waals surface area contributed by atoms with Crippen LogP contribution in [-0.4, -0.2) is 41.1 Å². The molecule has 1 amide bonds. The molecule has 1 fully saturated rings. The predicted molar refractivity (Wildman–Crippen MR) is 95.6 cm³/mol. The SMILES string of the molecule is CC(CC(O)c1cccs1)NC1CCN(C(=O)C(C)(C)C)CC1. The molecule has 1 aliphatic heterocycles. The molecule has 0 radical (unpaired) electrons. The number of rotatable bonds is 5. The fourth-order valence-electron chi connectivity index (χ4n) is 3.13. The van der Waals surface area contributed by atoms with Gasteiger partial charge in [-0.15, -0.1) is 11.3 Å². The van der Waals surface area contributed by atoms with Crippen molar-refractivity contribution >= 4 is 17.2 Å². The van der Waals surface area contributed by atoms with Crippen molar-refractivity contribution < 1.29 is 9.90 Å². The number of piperidine rings is 1.